The van der Waals surface area contributed by atoms with E-state index in [9.17, 15) is 9.59 Å². The zero-order valence-electron chi connectivity index (χ0n) is 16.1. The summed E-state index contributed by atoms with van der Waals surface area (Å²) in [5.41, 5.74) is 2.05. The van der Waals surface area contributed by atoms with Crippen LogP contribution in [-0.2, 0) is 11.3 Å². The highest BCUT2D eigenvalue weighted by Crippen LogP contribution is 2.20. The maximum absolute atomic E-state index is 12.6. The zero-order valence-corrected chi connectivity index (χ0v) is 16.1. The highest BCUT2D eigenvalue weighted by molar-refractivity contribution is 5.90. The zero-order chi connectivity index (χ0) is 19.7. The van der Waals surface area contributed by atoms with Crippen LogP contribution in [0.25, 0.3) is 5.65 Å². The number of carbonyl (C=O) groups is 1. The SMILES string of the molecule is CC(C)c1ccc(NC(=O)Cn2nc3c(N4CCCC4)nccn3c2=O)cc1. The lowest BCUT2D eigenvalue weighted by molar-refractivity contribution is -0.117. The lowest BCUT2D eigenvalue weighted by atomic mass is 10.0. The Hall–Kier alpha value is -3.16. The average Bonchev–Trinajstić information content (AvgIpc) is 3.31. The van der Waals surface area contributed by atoms with Gasteiger partial charge in [0.2, 0.25) is 11.6 Å². The first kappa shape index (κ1) is 18.2. The van der Waals surface area contributed by atoms with Crippen molar-refractivity contribution in [1.29, 1.82) is 0 Å². The Labute approximate surface area is 162 Å². The van der Waals surface area contributed by atoms with E-state index in [0.717, 1.165) is 25.9 Å². The van der Waals surface area contributed by atoms with E-state index >= 15 is 0 Å². The normalized spacial score (nSPS) is 14.2. The monoisotopic (exact) mass is 380 g/mol. The number of amides is 1. The van der Waals surface area contributed by atoms with Gasteiger partial charge < -0.3 is 10.2 Å². The molecule has 1 saturated heterocycles. The molecule has 146 valence electrons. The van der Waals surface area contributed by atoms with Crippen molar-refractivity contribution in [2.45, 2.75) is 39.2 Å². The van der Waals surface area contributed by atoms with E-state index in [4.69, 9.17) is 0 Å². The van der Waals surface area contributed by atoms with Crippen molar-refractivity contribution in [3.05, 3.63) is 52.7 Å². The molecule has 1 N–H and O–H groups in total. The van der Waals surface area contributed by atoms with E-state index in [-0.39, 0.29) is 18.1 Å². The second-order valence-electron chi connectivity index (χ2n) is 7.40. The van der Waals surface area contributed by atoms with Crippen LogP contribution in [0.3, 0.4) is 0 Å². The molecule has 28 heavy (non-hydrogen) atoms. The predicted octanol–water partition coefficient (Wildman–Crippen LogP) is 2.25. The van der Waals surface area contributed by atoms with Crippen LogP contribution in [0.1, 0.15) is 38.2 Å². The number of benzene rings is 1. The van der Waals surface area contributed by atoms with Crippen LogP contribution in [0.15, 0.2) is 41.5 Å². The van der Waals surface area contributed by atoms with Gasteiger partial charge in [-0.3, -0.25) is 4.79 Å². The Morgan fingerprint density at radius 2 is 1.89 bits per heavy atom. The van der Waals surface area contributed by atoms with Crippen LogP contribution in [0.2, 0.25) is 0 Å². The van der Waals surface area contributed by atoms with E-state index in [1.54, 1.807) is 12.4 Å². The smallest absolute Gasteiger partial charge is 0.350 e. The van der Waals surface area contributed by atoms with Gasteiger partial charge in [0.1, 0.15) is 6.54 Å². The third-order valence-electron chi connectivity index (χ3n) is 5.04. The topological polar surface area (TPSA) is 84.5 Å². The minimum Gasteiger partial charge on any atom is -0.353 e. The number of aromatic nitrogens is 4. The lowest BCUT2D eigenvalue weighted by Gasteiger charge is -2.15. The van der Waals surface area contributed by atoms with Crippen molar-refractivity contribution in [1.82, 2.24) is 19.2 Å². The predicted molar refractivity (Wildman–Crippen MR) is 108 cm³/mol. The van der Waals surface area contributed by atoms with Crippen molar-refractivity contribution in [2.24, 2.45) is 0 Å². The maximum Gasteiger partial charge on any atom is 0.350 e. The molecule has 0 saturated carbocycles. The quantitative estimate of drug-likeness (QED) is 0.734. The highest BCUT2D eigenvalue weighted by atomic mass is 16.2. The third kappa shape index (κ3) is 3.49. The second kappa shape index (κ2) is 7.46. The van der Waals surface area contributed by atoms with Gasteiger partial charge >= 0.3 is 5.69 Å². The number of fused-ring (bicyclic) bond motifs is 1. The molecule has 8 nitrogen and oxygen atoms in total. The first-order valence-corrected chi connectivity index (χ1v) is 9.62. The summed E-state index contributed by atoms with van der Waals surface area (Å²) in [6, 6.07) is 7.72. The number of rotatable bonds is 5. The van der Waals surface area contributed by atoms with E-state index in [2.05, 4.69) is 34.1 Å². The fourth-order valence-corrected chi connectivity index (χ4v) is 3.48. The third-order valence-corrected chi connectivity index (χ3v) is 5.04. The Morgan fingerprint density at radius 1 is 1.18 bits per heavy atom. The largest absolute Gasteiger partial charge is 0.353 e. The van der Waals surface area contributed by atoms with Gasteiger partial charge in [0.15, 0.2) is 5.82 Å². The van der Waals surface area contributed by atoms with Crippen molar-refractivity contribution >= 4 is 23.1 Å². The molecule has 8 heteroatoms. The summed E-state index contributed by atoms with van der Waals surface area (Å²) >= 11 is 0. The number of nitrogens with zero attached hydrogens (tertiary/aromatic N) is 5. The van der Waals surface area contributed by atoms with E-state index in [0.29, 0.717) is 23.1 Å². The van der Waals surface area contributed by atoms with Gasteiger partial charge in [-0.2, -0.15) is 0 Å². The standard InChI is InChI=1S/C20H24N6O2/c1-14(2)15-5-7-16(8-6-15)22-17(27)13-26-20(28)25-12-9-21-18(19(25)23-26)24-10-3-4-11-24/h5-9,12,14H,3-4,10-11,13H2,1-2H3,(H,22,27). The fourth-order valence-electron chi connectivity index (χ4n) is 3.48. The fraction of sp³-hybridized carbons (Fsp3) is 0.400. The van der Waals surface area contributed by atoms with Gasteiger partial charge in [-0.05, 0) is 36.5 Å². The molecule has 2 aromatic heterocycles. The number of nitrogens with one attached hydrogen (secondary N) is 1. The molecule has 0 radical (unpaired) electrons. The lowest BCUT2D eigenvalue weighted by Crippen LogP contribution is -2.28. The van der Waals surface area contributed by atoms with Crippen LogP contribution >= 0.6 is 0 Å². The molecule has 1 amide bonds. The molecule has 3 heterocycles. The number of hydrogen-bond donors (Lipinski definition) is 1. The van der Waals surface area contributed by atoms with Gasteiger partial charge in [0.25, 0.3) is 0 Å². The molecule has 0 unspecified atom stereocenters. The molecule has 1 aromatic carbocycles. The minimum atomic E-state index is -0.344. The summed E-state index contributed by atoms with van der Waals surface area (Å²) in [4.78, 5) is 31.6. The van der Waals surface area contributed by atoms with Gasteiger partial charge in [-0.1, -0.05) is 26.0 Å². The Bertz CT molecular complexity index is 1040. The summed E-state index contributed by atoms with van der Waals surface area (Å²) < 4.78 is 2.64. The molecule has 0 atom stereocenters. The molecule has 0 spiro atoms. The van der Waals surface area contributed by atoms with Crippen LogP contribution in [0.4, 0.5) is 11.5 Å². The second-order valence-corrected chi connectivity index (χ2v) is 7.40. The Morgan fingerprint density at radius 3 is 2.57 bits per heavy atom. The van der Waals surface area contributed by atoms with E-state index in [1.807, 2.05) is 24.3 Å². The van der Waals surface area contributed by atoms with Gasteiger partial charge in [-0.15, -0.1) is 5.10 Å². The summed E-state index contributed by atoms with van der Waals surface area (Å²) in [7, 11) is 0. The van der Waals surface area contributed by atoms with Crippen LogP contribution < -0.4 is 15.9 Å². The van der Waals surface area contributed by atoms with Crippen molar-refractivity contribution in [2.75, 3.05) is 23.3 Å². The molecule has 1 fully saturated rings. The van der Waals surface area contributed by atoms with Crippen LogP contribution in [-0.4, -0.2) is 38.2 Å². The average molecular weight is 380 g/mol. The van der Waals surface area contributed by atoms with Gasteiger partial charge in [0, 0.05) is 31.2 Å². The van der Waals surface area contributed by atoms with Gasteiger partial charge in [-0.25, -0.2) is 18.9 Å². The molecular weight excluding hydrogens is 356 g/mol. The van der Waals surface area contributed by atoms with Crippen LogP contribution in [0.5, 0.6) is 0 Å². The molecule has 1 aliphatic heterocycles. The van der Waals surface area contributed by atoms with Crippen molar-refractivity contribution in [3.8, 4) is 0 Å². The number of anilines is 2. The molecule has 0 aliphatic carbocycles. The number of hydrogen-bond acceptors (Lipinski definition) is 5. The molecule has 0 bridgehead atoms. The molecule has 1 aliphatic rings. The number of carbonyl (C=O) groups excluding carboxylic acids is 1. The summed E-state index contributed by atoms with van der Waals surface area (Å²) in [6.07, 6.45) is 5.39. The van der Waals surface area contributed by atoms with Crippen LogP contribution in [0, 0.1) is 0 Å². The molecular formula is C20H24N6O2. The minimum absolute atomic E-state index is 0.147. The van der Waals surface area contributed by atoms with Crippen molar-refractivity contribution < 1.29 is 4.79 Å². The first-order valence-electron chi connectivity index (χ1n) is 9.62. The van der Waals surface area contributed by atoms with E-state index < -0.39 is 0 Å². The van der Waals surface area contributed by atoms with Crippen molar-refractivity contribution in [3.63, 3.8) is 0 Å². The van der Waals surface area contributed by atoms with Gasteiger partial charge in [0.05, 0.1) is 0 Å². The summed E-state index contributed by atoms with van der Waals surface area (Å²) in [6.45, 7) is 5.90. The highest BCUT2D eigenvalue weighted by Gasteiger charge is 2.20. The maximum atomic E-state index is 12.6. The Balaban J connectivity index is 1.54. The van der Waals surface area contributed by atoms with E-state index in [1.165, 1.54) is 14.6 Å². The molecule has 3 aromatic rings. The summed E-state index contributed by atoms with van der Waals surface area (Å²) in [5.74, 6) is 0.832. The summed E-state index contributed by atoms with van der Waals surface area (Å²) in [5, 5.41) is 7.20. The Kier molecular flexibility index (Phi) is 4.85. The first-order chi connectivity index (χ1) is 13.5. The molecule has 4 rings (SSSR count).